The molecule has 130 valence electrons. The molecule has 1 aromatic heterocycles. The fourth-order valence-electron chi connectivity index (χ4n) is 2.80. The minimum absolute atomic E-state index is 0. The smallest absolute Gasteiger partial charge is 0.194 e. The third-order valence-corrected chi connectivity index (χ3v) is 5.27. The van der Waals surface area contributed by atoms with Crippen molar-refractivity contribution in [2.75, 3.05) is 25.9 Å². The predicted octanol–water partition coefficient (Wildman–Crippen LogP) is 4.09. The molecule has 1 aliphatic rings. The third-order valence-electron chi connectivity index (χ3n) is 4.03. The van der Waals surface area contributed by atoms with E-state index in [0.29, 0.717) is 12.5 Å². The second-order valence-electron chi connectivity index (χ2n) is 5.70. The molecule has 0 amide bonds. The maximum Gasteiger partial charge on any atom is 0.194 e. The van der Waals surface area contributed by atoms with Gasteiger partial charge in [0.25, 0.3) is 0 Å². The lowest BCUT2D eigenvalue weighted by Crippen LogP contribution is -2.39. The molecule has 3 rings (SSSR count). The molecule has 24 heavy (non-hydrogen) atoms. The highest BCUT2D eigenvalue weighted by Crippen LogP contribution is 2.25. The second-order valence-corrected chi connectivity index (χ2v) is 6.80. The van der Waals surface area contributed by atoms with Gasteiger partial charge in [0, 0.05) is 30.8 Å². The van der Waals surface area contributed by atoms with Crippen molar-refractivity contribution in [3.8, 4) is 0 Å². The summed E-state index contributed by atoms with van der Waals surface area (Å²) >= 11 is 1.95. The molecular formula is C18H24IN3OS. The van der Waals surface area contributed by atoms with E-state index in [1.54, 1.807) is 6.26 Å². The van der Waals surface area contributed by atoms with E-state index in [1.165, 1.54) is 11.3 Å². The Hall–Kier alpha value is -1.15. The van der Waals surface area contributed by atoms with Gasteiger partial charge in [-0.2, -0.15) is 0 Å². The van der Waals surface area contributed by atoms with Crippen LogP contribution in [0.5, 0.6) is 0 Å². The van der Waals surface area contributed by atoms with Crippen LogP contribution in [0.1, 0.15) is 12.2 Å². The Morgan fingerprint density at radius 1 is 1.29 bits per heavy atom. The van der Waals surface area contributed by atoms with E-state index >= 15 is 0 Å². The van der Waals surface area contributed by atoms with Crippen LogP contribution in [0.4, 0.5) is 0 Å². The number of likely N-dealkylation sites (tertiary alicyclic amines) is 1. The standard InChI is InChI=1S/C18H23N3OS.HI/c1-19-18(20-12-16-6-5-11-22-16)21-10-9-15(13-21)14-23-17-7-3-2-4-8-17;/h2-8,11,15H,9-10,12-14H2,1H3,(H,19,20);1H. The number of furan rings is 1. The number of hydrogen-bond donors (Lipinski definition) is 1. The van der Waals surface area contributed by atoms with Gasteiger partial charge in [-0.15, -0.1) is 35.7 Å². The van der Waals surface area contributed by atoms with Gasteiger partial charge in [-0.25, -0.2) is 0 Å². The largest absolute Gasteiger partial charge is 0.467 e. The Labute approximate surface area is 165 Å². The van der Waals surface area contributed by atoms with Gasteiger partial charge < -0.3 is 14.6 Å². The van der Waals surface area contributed by atoms with Gasteiger partial charge in [0.2, 0.25) is 0 Å². The average molecular weight is 457 g/mol. The lowest BCUT2D eigenvalue weighted by atomic mass is 10.2. The van der Waals surface area contributed by atoms with Crippen LogP contribution in [0.3, 0.4) is 0 Å². The number of thioether (sulfide) groups is 1. The van der Waals surface area contributed by atoms with Crippen molar-refractivity contribution >= 4 is 41.7 Å². The second kappa shape index (κ2) is 9.98. The van der Waals surface area contributed by atoms with Crippen LogP contribution in [-0.4, -0.2) is 36.7 Å². The maximum atomic E-state index is 5.36. The van der Waals surface area contributed by atoms with E-state index in [2.05, 4.69) is 45.5 Å². The molecule has 0 saturated carbocycles. The summed E-state index contributed by atoms with van der Waals surface area (Å²) in [5, 5.41) is 3.38. The summed E-state index contributed by atoms with van der Waals surface area (Å²) < 4.78 is 5.36. The molecule has 0 aliphatic carbocycles. The van der Waals surface area contributed by atoms with Gasteiger partial charge in [0.15, 0.2) is 5.96 Å². The Morgan fingerprint density at radius 2 is 2.12 bits per heavy atom. The Balaban J connectivity index is 0.00000208. The molecule has 2 aromatic rings. The van der Waals surface area contributed by atoms with Crippen LogP contribution in [0.2, 0.25) is 0 Å². The van der Waals surface area contributed by atoms with Crippen LogP contribution >= 0.6 is 35.7 Å². The van der Waals surface area contributed by atoms with E-state index in [9.17, 15) is 0 Å². The zero-order valence-corrected chi connectivity index (χ0v) is 17.0. The lowest BCUT2D eigenvalue weighted by molar-refractivity contribution is 0.458. The van der Waals surface area contributed by atoms with Gasteiger partial charge in [0.1, 0.15) is 5.76 Å². The molecule has 1 aliphatic heterocycles. The number of hydrogen-bond acceptors (Lipinski definition) is 3. The number of nitrogens with zero attached hydrogens (tertiary/aromatic N) is 2. The molecule has 1 atom stereocenters. The molecule has 0 radical (unpaired) electrons. The molecule has 4 nitrogen and oxygen atoms in total. The Morgan fingerprint density at radius 3 is 2.83 bits per heavy atom. The van der Waals surface area contributed by atoms with Crippen molar-refractivity contribution < 1.29 is 4.42 Å². The highest BCUT2D eigenvalue weighted by molar-refractivity contribution is 14.0. The fourth-order valence-corrected chi connectivity index (χ4v) is 3.85. The quantitative estimate of drug-likeness (QED) is 0.318. The van der Waals surface area contributed by atoms with E-state index in [4.69, 9.17) is 4.42 Å². The van der Waals surface area contributed by atoms with Gasteiger partial charge >= 0.3 is 0 Å². The number of benzene rings is 1. The molecule has 2 heterocycles. The van der Waals surface area contributed by atoms with Crippen molar-refractivity contribution in [1.29, 1.82) is 0 Å². The zero-order chi connectivity index (χ0) is 15.9. The third kappa shape index (κ3) is 5.44. The van der Waals surface area contributed by atoms with Crippen molar-refractivity contribution in [3.05, 3.63) is 54.5 Å². The molecule has 1 aromatic carbocycles. The van der Waals surface area contributed by atoms with Crippen molar-refractivity contribution in [2.24, 2.45) is 10.9 Å². The summed E-state index contributed by atoms with van der Waals surface area (Å²) in [6.07, 6.45) is 2.92. The van der Waals surface area contributed by atoms with Gasteiger partial charge in [0.05, 0.1) is 12.8 Å². The van der Waals surface area contributed by atoms with Gasteiger partial charge in [-0.05, 0) is 36.6 Å². The summed E-state index contributed by atoms with van der Waals surface area (Å²) in [4.78, 5) is 8.10. The minimum Gasteiger partial charge on any atom is -0.467 e. The van der Waals surface area contributed by atoms with E-state index in [1.807, 2.05) is 30.9 Å². The number of halogens is 1. The normalized spacial score (nSPS) is 17.6. The van der Waals surface area contributed by atoms with Crippen LogP contribution in [-0.2, 0) is 6.54 Å². The topological polar surface area (TPSA) is 40.8 Å². The number of rotatable bonds is 5. The van der Waals surface area contributed by atoms with Crippen LogP contribution in [0, 0.1) is 5.92 Å². The highest BCUT2D eigenvalue weighted by Gasteiger charge is 2.24. The van der Waals surface area contributed by atoms with Crippen LogP contribution in [0.25, 0.3) is 0 Å². The molecule has 1 unspecified atom stereocenters. The van der Waals surface area contributed by atoms with Crippen LogP contribution in [0.15, 0.2) is 63.0 Å². The molecule has 6 heteroatoms. The molecule has 0 spiro atoms. The number of guanidine groups is 1. The average Bonchev–Trinajstić information content (AvgIpc) is 3.26. The highest BCUT2D eigenvalue weighted by atomic mass is 127. The number of aliphatic imine (C=N–C) groups is 1. The SMILES string of the molecule is CN=C(NCc1ccco1)N1CCC(CSc2ccccc2)C1.I. The monoisotopic (exact) mass is 457 g/mol. The molecule has 0 bridgehead atoms. The maximum absolute atomic E-state index is 5.36. The summed E-state index contributed by atoms with van der Waals surface area (Å²) in [6, 6.07) is 14.5. The minimum atomic E-state index is 0. The number of nitrogens with one attached hydrogen (secondary N) is 1. The van der Waals surface area contributed by atoms with Crippen molar-refractivity contribution in [1.82, 2.24) is 10.2 Å². The molecular weight excluding hydrogens is 433 g/mol. The first kappa shape index (κ1) is 19.2. The van der Waals surface area contributed by atoms with Crippen molar-refractivity contribution in [2.45, 2.75) is 17.9 Å². The van der Waals surface area contributed by atoms with Crippen LogP contribution < -0.4 is 5.32 Å². The summed E-state index contributed by atoms with van der Waals surface area (Å²) in [6.45, 7) is 2.81. The Kier molecular flexibility index (Phi) is 7.98. The lowest BCUT2D eigenvalue weighted by Gasteiger charge is -2.21. The molecule has 1 saturated heterocycles. The summed E-state index contributed by atoms with van der Waals surface area (Å²) in [5.41, 5.74) is 0. The zero-order valence-electron chi connectivity index (χ0n) is 13.9. The van der Waals surface area contributed by atoms with Gasteiger partial charge in [-0.3, -0.25) is 4.99 Å². The molecule has 1 N–H and O–H groups in total. The summed E-state index contributed by atoms with van der Waals surface area (Å²) in [5.74, 6) is 3.77. The van der Waals surface area contributed by atoms with E-state index in [-0.39, 0.29) is 24.0 Å². The van der Waals surface area contributed by atoms with Crippen molar-refractivity contribution in [3.63, 3.8) is 0 Å². The molecule has 1 fully saturated rings. The first-order valence-corrected chi connectivity index (χ1v) is 8.99. The van der Waals surface area contributed by atoms with E-state index in [0.717, 1.165) is 30.6 Å². The van der Waals surface area contributed by atoms with Gasteiger partial charge in [-0.1, -0.05) is 18.2 Å². The first-order valence-electron chi connectivity index (χ1n) is 8.01. The Bertz CT molecular complexity index is 618. The first-order chi connectivity index (χ1) is 11.3. The van der Waals surface area contributed by atoms with E-state index < -0.39 is 0 Å². The fraction of sp³-hybridized carbons (Fsp3) is 0.389. The predicted molar refractivity (Wildman–Crippen MR) is 111 cm³/mol. The summed E-state index contributed by atoms with van der Waals surface area (Å²) in [7, 11) is 1.84.